The summed E-state index contributed by atoms with van der Waals surface area (Å²) in [6, 6.07) is 0. The van der Waals surface area contributed by atoms with E-state index in [2.05, 4.69) is 4.99 Å². The van der Waals surface area contributed by atoms with Gasteiger partial charge in [-0.2, -0.15) is 0 Å². The Morgan fingerprint density at radius 1 is 1.50 bits per heavy atom. The van der Waals surface area contributed by atoms with Crippen LogP contribution in [0.3, 0.4) is 0 Å². The minimum absolute atomic E-state index is 0.151. The van der Waals surface area contributed by atoms with Crippen molar-refractivity contribution in [3.8, 4) is 0 Å². The first-order valence-corrected chi connectivity index (χ1v) is 2.58. The third-order valence-electron chi connectivity index (χ3n) is 0.979. The molecular weight excluding hydrogens is 102 g/mol. The van der Waals surface area contributed by atoms with Gasteiger partial charge in [-0.15, -0.1) is 0 Å². The quantitative estimate of drug-likeness (QED) is 0.462. The second kappa shape index (κ2) is 1.62. The fourth-order valence-electron chi connectivity index (χ4n) is 0.463. The normalized spacial score (nSPS) is 22.8. The summed E-state index contributed by atoms with van der Waals surface area (Å²) in [4.78, 5) is 3.74. The molecule has 0 spiro atoms. The van der Waals surface area contributed by atoms with Crippen LogP contribution >= 0.6 is 0 Å². The van der Waals surface area contributed by atoms with Crippen LogP contribution in [0.15, 0.2) is 17.3 Å². The summed E-state index contributed by atoms with van der Waals surface area (Å²) >= 11 is 0. The lowest BCUT2D eigenvalue weighted by Gasteiger charge is -2.20. The predicted octanol–water partition coefficient (Wildman–Crippen LogP) is 1.34. The third-order valence-corrected chi connectivity index (χ3v) is 0.979. The second-order valence-corrected chi connectivity index (χ2v) is 2.29. The molecule has 8 heavy (non-hydrogen) atoms. The largest absolute Gasteiger partial charge is 0.473 e. The first kappa shape index (κ1) is 5.35. The van der Waals surface area contributed by atoms with Gasteiger partial charge in [-0.25, -0.2) is 4.99 Å². The number of nitrogens with zero attached hydrogens (tertiary/aromatic N) is 1. The van der Waals surface area contributed by atoms with Gasteiger partial charge >= 0.3 is 0 Å². The van der Waals surface area contributed by atoms with Crippen LogP contribution in [-0.2, 0) is 4.74 Å². The summed E-state index contributed by atoms with van der Waals surface area (Å²) in [5, 5.41) is 0. The summed E-state index contributed by atoms with van der Waals surface area (Å²) in [6.07, 6.45) is 5.11. The Morgan fingerprint density at radius 3 is 2.50 bits per heavy atom. The summed E-state index contributed by atoms with van der Waals surface area (Å²) in [7, 11) is 0. The van der Waals surface area contributed by atoms with Crippen molar-refractivity contribution in [2.24, 2.45) is 4.99 Å². The highest BCUT2D eigenvalue weighted by Crippen LogP contribution is 2.11. The molecule has 44 valence electrons. The van der Waals surface area contributed by atoms with Crippen LogP contribution in [0.2, 0.25) is 0 Å². The van der Waals surface area contributed by atoms with Crippen LogP contribution in [0.25, 0.3) is 0 Å². The smallest absolute Gasteiger partial charge is 0.175 e. The van der Waals surface area contributed by atoms with Gasteiger partial charge in [0, 0.05) is 6.20 Å². The van der Waals surface area contributed by atoms with Crippen LogP contribution in [0.5, 0.6) is 0 Å². The number of hydrogen-bond acceptors (Lipinski definition) is 2. The zero-order valence-corrected chi connectivity index (χ0v) is 5.09. The molecule has 0 saturated carbocycles. The maximum atomic E-state index is 5.09. The van der Waals surface area contributed by atoms with Crippen molar-refractivity contribution in [1.82, 2.24) is 0 Å². The van der Waals surface area contributed by atoms with E-state index < -0.39 is 0 Å². The van der Waals surface area contributed by atoms with Crippen LogP contribution in [0.4, 0.5) is 0 Å². The second-order valence-electron chi connectivity index (χ2n) is 2.29. The first-order chi connectivity index (χ1) is 3.71. The molecule has 0 atom stereocenters. The number of rotatable bonds is 0. The number of ether oxygens (including phenoxy) is 1. The Labute approximate surface area is 48.9 Å². The molecule has 0 aromatic heterocycles. The summed E-state index contributed by atoms with van der Waals surface area (Å²) in [5.41, 5.74) is -0.151. The van der Waals surface area contributed by atoms with Gasteiger partial charge in [0.15, 0.2) is 6.40 Å². The van der Waals surface area contributed by atoms with E-state index in [0.717, 1.165) is 0 Å². The fourth-order valence-corrected chi connectivity index (χ4v) is 0.463. The van der Waals surface area contributed by atoms with Crippen molar-refractivity contribution in [3.05, 3.63) is 12.3 Å². The van der Waals surface area contributed by atoms with E-state index in [1.165, 1.54) is 6.40 Å². The van der Waals surface area contributed by atoms with Gasteiger partial charge in [0.2, 0.25) is 0 Å². The average Bonchev–Trinajstić information content (AvgIpc) is 1.65. The van der Waals surface area contributed by atoms with E-state index >= 15 is 0 Å². The molecule has 0 aliphatic carbocycles. The topological polar surface area (TPSA) is 21.6 Å². The molecule has 1 aliphatic heterocycles. The van der Waals surface area contributed by atoms with Crippen LogP contribution < -0.4 is 0 Å². The molecule has 0 amide bonds. The zero-order valence-electron chi connectivity index (χ0n) is 5.09. The molecule has 0 bridgehead atoms. The molecule has 0 fully saturated rings. The maximum absolute atomic E-state index is 5.09. The third kappa shape index (κ3) is 1.09. The molecular formula is C6H9NO. The molecule has 0 radical (unpaired) electrons. The van der Waals surface area contributed by atoms with Crippen molar-refractivity contribution >= 4 is 6.40 Å². The Hall–Kier alpha value is -0.790. The Morgan fingerprint density at radius 2 is 2.25 bits per heavy atom. The van der Waals surface area contributed by atoms with Gasteiger partial charge in [-0.1, -0.05) is 0 Å². The molecule has 1 heterocycles. The van der Waals surface area contributed by atoms with Gasteiger partial charge in [0.25, 0.3) is 0 Å². The SMILES string of the molecule is CC1(C)C=CN=CO1. The molecule has 0 aromatic carbocycles. The van der Waals surface area contributed by atoms with Gasteiger partial charge in [-0.3, -0.25) is 0 Å². The van der Waals surface area contributed by atoms with Crippen molar-refractivity contribution in [2.75, 3.05) is 0 Å². The lowest BCUT2D eigenvalue weighted by Crippen LogP contribution is -2.21. The van der Waals surface area contributed by atoms with E-state index in [1.807, 2.05) is 19.9 Å². The van der Waals surface area contributed by atoms with E-state index in [1.54, 1.807) is 6.20 Å². The zero-order chi connectivity index (χ0) is 6.04. The van der Waals surface area contributed by atoms with Crippen molar-refractivity contribution in [3.63, 3.8) is 0 Å². The van der Waals surface area contributed by atoms with Crippen molar-refractivity contribution in [2.45, 2.75) is 19.4 Å². The molecule has 2 heteroatoms. The van der Waals surface area contributed by atoms with Crippen LogP contribution in [0.1, 0.15) is 13.8 Å². The number of hydrogen-bond donors (Lipinski definition) is 0. The van der Waals surface area contributed by atoms with Crippen molar-refractivity contribution in [1.29, 1.82) is 0 Å². The Bertz CT molecular complexity index is 135. The highest BCUT2D eigenvalue weighted by atomic mass is 16.5. The van der Waals surface area contributed by atoms with Gasteiger partial charge in [0.1, 0.15) is 5.60 Å². The highest BCUT2D eigenvalue weighted by molar-refractivity contribution is 5.50. The minimum atomic E-state index is -0.151. The monoisotopic (exact) mass is 111 g/mol. The summed E-state index contributed by atoms with van der Waals surface area (Å²) < 4.78 is 5.09. The molecule has 2 nitrogen and oxygen atoms in total. The lowest BCUT2D eigenvalue weighted by molar-refractivity contribution is 0.154. The fraction of sp³-hybridized carbons (Fsp3) is 0.500. The lowest BCUT2D eigenvalue weighted by atomic mass is 10.1. The highest BCUT2D eigenvalue weighted by Gasteiger charge is 2.14. The van der Waals surface area contributed by atoms with Crippen LogP contribution in [-0.4, -0.2) is 12.0 Å². The predicted molar refractivity (Wildman–Crippen MR) is 32.8 cm³/mol. The Kier molecular flexibility index (Phi) is 1.08. The minimum Gasteiger partial charge on any atom is -0.473 e. The van der Waals surface area contributed by atoms with E-state index in [4.69, 9.17) is 4.74 Å². The van der Waals surface area contributed by atoms with E-state index in [0.29, 0.717) is 0 Å². The van der Waals surface area contributed by atoms with E-state index in [-0.39, 0.29) is 5.60 Å². The number of aliphatic imine (C=N–C) groups is 1. The van der Waals surface area contributed by atoms with E-state index in [9.17, 15) is 0 Å². The summed E-state index contributed by atoms with van der Waals surface area (Å²) in [6.45, 7) is 3.96. The van der Waals surface area contributed by atoms with Gasteiger partial charge in [-0.05, 0) is 19.9 Å². The standard InChI is InChI=1S/C6H9NO/c1-6(2)3-4-7-5-8-6/h3-5H,1-2H3. The first-order valence-electron chi connectivity index (χ1n) is 2.58. The molecule has 1 aliphatic rings. The van der Waals surface area contributed by atoms with Crippen molar-refractivity contribution < 1.29 is 4.74 Å². The molecule has 0 aromatic rings. The molecule has 0 N–H and O–H groups in total. The molecule has 1 rings (SSSR count). The maximum Gasteiger partial charge on any atom is 0.175 e. The van der Waals surface area contributed by atoms with Crippen LogP contribution in [0, 0.1) is 0 Å². The summed E-state index contributed by atoms with van der Waals surface area (Å²) in [5.74, 6) is 0. The molecule has 0 unspecified atom stereocenters. The average molecular weight is 111 g/mol. The Balaban J connectivity index is 2.65. The van der Waals surface area contributed by atoms with Gasteiger partial charge in [0.05, 0.1) is 0 Å². The van der Waals surface area contributed by atoms with Gasteiger partial charge < -0.3 is 4.74 Å². The molecule has 0 saturated heterocycles.